The number of carbonyl (C=O) groups excluding carboxylic acids is 1. The zero-order valence-electron chi connectivity index (χ0n) is 14.1. The van der Waals surface area contributed by atoms with Gasteiger partial charge in [-0.05, 0) is 31.7 Å². The predicted molar refractivity (Wildman–Crippen MR) is 92.4 cm³/mol. The summed E-state index contributed by atoms with van der Waals surface area (Å²) in [7, 11) is 1.85. The van der Waals surface area contributed by atoms with Crippen molar-refractivity contribution < 1.29 is 13.9 Å². The van der Waals surface area contributed by atoms with Crippen molar-refractivity contribution in [3.63, 3.8) is 0 Å². The molecule has 1 N–H and O–H groups in total. The number of likely N-dealkylation sites (N-methyl/N-ethyl adjacent to an activating group) is 1. The van der Waals surface area contributed by atoms with Crippen molar-refractivity contribution >= 4 is 5.91 Å². The van der Waals surface area contributed by atoms with Crippen LogP contribution in [0.2, 0.25) is 0 Å². The molecule has 0 aliphatic carbocycles. The van der Waals surface area contributed by atoms with Gasteiger partial charge in [-0.2, -0.15) is 0 Å². The highest BCUT2D eigenvalue weighted by atomic mass is 19.1. The van der Waals surface area contributed by atoms with Crippen LogP contribution in [-0.4, -0.2) is 37.6 Å². The molecule has 0 unspecified atom stereocenters. The Morgan fingerprint density at radius 2 is 1.88 bits per heavy atom. The molecule has 0 bridgehead atoms. The summed E-state index contributed by atoms with van der Waals surface area (Å²) in [6.07, 6.45) is 0. The highest BCUT2D eigenvalue weighted by Gasteiger charge is 2.08. The summed E-state index contributed by atoms with van der Waals surface area (Å²) in [5, 5.41) is 2.73. The Bertz CT molecular complexity index is 676. The van der Waals surface area contributed by atoms with Gasteiger partial charge in [0.2, 0.25) is 5.91 Å². The number of ether oxygens (including phenoxy) is 1. The van der Waals surface area contributed by atoms with E-state index in [0.717, 1.165) is 11.3 Å². The summed E-state index contributed by atoms with van der Waals surface area (Å²) in [6, 6.07) is 14.2. The van der Waals surface area contributed by atoms with Crippen molar-refractivity contribution in [1.82, 2.24) is 10.2 Å². The van der Waals surface area contributed by atoms with Gasteiger partial charge in [0.1, 0.15) is 18.2 Å². The van der Waals surface area contributed by atoms with E-state index in [-0.39, 0.29) is 24.8 Å². The van der Waals surface area contributed by atoms with E-state index >= 15 is 0 Å². The maximum atomic E-state index is 13.5. The number of hydrogen-bond donors (Lipinski definition) is 1. The molecule has 0 heterocycles. The zero-order chi connectivity index (χ0) is 17.4. The summed E-state index contributed by atoms with van der Waals surface area (Å²) in [5.41, 5.74) is 1.57. The molecule has 0 aromatic heterocycles. The molecule has 2 rings (SSSR count). The van der Waals surface area contributed by atoms with E-state index in [4.69, 9.17) is 4.74 Å². The first-order valence-electron chi connectivity index (χ1n) is 7.93. The van der Waals surface area contributed by atoms with Gasteiger partial charge in [-0.15, -0.1) is 0 Å². The third-order valence-corrected chi connectivity index (χ3v) is 3.67. The SMILES string of the molecule is Cc1ccccc1OCCN(C)CC(=O)NCc1ccccc1F. The molecule has 0 spiro atoms. The van der Waals surface area contributed by atoms with Gasteiger partial charge in [-0.3, -0.25) is 9.69 Å². The van der Waals surface area contributed by atoms with E-state index in [1.165, 1.54) is 6.07 Å². The molecule has 24 heavy (non-hydrogen) atoms. The molecule has 0 aliphatic rings. The highest BCUT2D eigenvalue weighted by Crippen LogP contribution is 2.15. The van der Waals surface area contributed by atoms with Crippen molar-refractivity contribution in [3.05, 3.63) is 65.5 Å². The summed E-state index contributed by atoms with van der Waals surface area (Å²) < 4.78 is 19.2. The number of carbonyl (C=O) groups is 1. The maximum Gasteiger partial charge on any atom is 0.234 e. The van der Waals surface area contributed by atoms with E-state index in [0.29, 0.717) is 18.7 Å². The molecule has 5 heteroatoms. The number of nitrogens with zero attached hydrogens (tertiary/aromatic N) is 1. The average Bonchev–Trinajstić information content (AvgIpc) is 2.56. The summed E-state index contributed by atoms with van der Waals surface area (Å²) in [5.74, 6) is 0.407. The first-order valence-corrected chi connectivity index (χ1v) is 7.93. The van der Waals surface area contributed by atoms with Gasteiger partial charge < -0.3 is 10.1 Å². The minimum absolute atomic E-state index is 0.142. The minimum atomic E-state index is -0.308. The van der Waals surface area contributed by atoms with Crippen LogP contribution >= 0.6 is 0 Å². The molecule has 2 aromatic rings. The van der Waals surface area contributed by atoms with Crippen molar-refractivity contribution in [1.29, 1.82) is 0 Å². The Labute approximate surface area is 142 Å². The molecule has 1 amide bonds. The average molecular weight is 330 g/mol. The Morgan fingerprint density at radius 1 is 1.17 bits per heavy atom. The lowest BCUT2D eigenvalue weighted by atomic mass is 10.2. The number of nitrogens with one attached hydrogen (secondary N) is 1. The third-order valence-electron chi connectivity index (χ3n) is 3.67. The fourth-order valence-corrected chi connectivity index (χ4v) is 2.25. The van der Waals surface area contributed by atoms with Gasteiger partial charge in [-0.1, -0.05) is 36.4 Å². The number of para-hydroxylation sites is 1. The van der Waals surface area contributed by atoms with Crippen LogP contribution in [0.15, 0.2) is 48.5 Å². The monoisotopic (exact) mass is 330 g/mol. The highest BCUT2D eigenvalue weighted by molar-refractivity contribution is 5.77. The van der Waals surface area contributed by atoms with Crippen LogP contribution in [0, 0.1) is 12.7 Å². The third kappa shape index (κ3) is 5.66. The zero-order valence-corrected chi connectivity index (χ0v) is 14.1. The van der Waals surface area contributed by atoms with Crippen LogP contribution in [-0.2, 0) is 11.3 Å². The quantitative estimate of drug-likeness (QED) is 0.809. The molecule has 0 saturated heterocycles. The van der Waals surface area contributed by atoms with E-state index < -0.39 is 0 Å². The van der Waals surface area contributed by atoms with Gasteiger partial charge in [0.05, 0.1) is 6.54 Å². The van der Waals surface area contributed by atoms with Gasteiger partial charge in [0, 0.05) is 18.7 Å². The van der Waals surface area contributed by atoms with E-state index in [2.05, 4.69) is 5.32 Å². The van der Waals surface area contributed by atoms with Gasteiger partial charge >= 0.3 is 0 Å². The number of rotatable bonds is 8. The molecular formula is C19H23FN2O2. The molecule has 0 aliphatic heterocycles. The Balaban J connectivity index is 1.68. The van der Waals surface area contributed by atoms with Gasteiger partial charge in [0.15, 0.2) is 0 Å². The number of benzene rings is 2. The molecule has 0 atom stereocenters. The molecule has 0 saturated carbocycles. The van der Waals surface area contributed by atoms with E-state index in [1.807, 2.05) is 43.1 Å². The van der Waals surface area contributed by atoms with Crippen LogP contribution in [0.25, 0.3) is 0 Å². The molecular weight excluding hydrogens is 307 g/mol. The smallest absolute Gasteiger partial charge is 0.234 e. The Morgan fingerprint density at radius 3 is 2.62 bits per heavy atom. The predicted octanol–water partition coefficient (Wildman–Crippen LogP) is 2.76. The fourth-order valence-electron chi connectivity index (χ4n) is 2.25. The molecule has 2 aromatic carbocycles. The van der Waals surface area contributed by atoms with E-state index in [9.17, 15) is 9.18 Å². The van der Waals surface area contributed by atoms with Crippen LogP contribution in [0.1, 0.15) is 11.1 Å². The van der Waals surface area contributed by atoms with Crippen molar-refractivity contribution in [2.45, 2.75) is 13.5 Å². The van der Waals surface area contributed by atoms with Crippen LogP contribution in [0.5, 0.6) is 5.75 Å². The molecule has 0 radical (unpaired) electrons. The van der Waals surface area contributed by atoms with Gasteiger partial charge in [0.25, 0.3) is 0 Å². The van der Waals surface area contributed by atoms with Crippen molar-refractivity contribution in [3.8, 4) is 5.75 Å². The van der Waals surface area contributed by atoms with Crippen molar-refractivity contribution in [2.24, 2.45) is 0 Å². The summed E-state index contributed by atoms with van der Waals surface area (Å²) in [6.45, 7) is 3.56. The second-order valence-electron chi connectivity index (χ2n) is 5.72. The lowest BCUT2D eigenvalue weighted by Crippen LogP contribution is -2.36. The summed E-state index contributed by atoms with van der Waals surface area (Å²) in [4.78, 5) is 13.8. The normalized spacial score (nSPS) is 10.7. The van der Waals surface area contributed by atoms with Crippen LogP contribution < -0.4 is 10.1 Å². The number of amides is 1. The number of halogens is 1. The van der Waals surface area contributed by atoms with Crippen molar-refractivity contribution in [2.75, 3.05) is 26.7 Å². The second-order valence-corrected chi connectivity index (χ2v) is 5.72. The minimum Gasteiger partial charge on any atom is -0.492 e. The maximum absolute atomic E-state index is 13.5. The lowest BCUT2D eigenvalue weighted by molar-refractivity contribution is -0.122. The Hall–Kier alpha value is -2.40. The number of aryl methyl sites for hydroxylation is 1. The van der Waals surface area contributed by atoms with E-state index in [1.54, 1.807) is 18.2 Å². The first-order chi connectivity index (χ1) is 11.6. The second kappa shape index (κ2) is 9.03. The standard InChI is InChI=1S/C19H23FN2O2/c1-15-7-3-6-10-18(15)24-12-11-22(2)14-19(23)21-13-16-8-4-5-9-17(16)20/h3-10H,11-14H2,1-2H3,(H,21,23). The lowest BCUT2D eigenvalue weighted by Gasteiger charge is -2.17. The van der Waals surface area contributed by atoms with Crippen LogP contribution in [0.3, 0.4) is 0 Å². The first kappa shape index (κ1) is 17.9. The molecule has 0 fully saturated rings. The van der Waals surface area contributed by atoms with Gasteiger partial charge in [-0.25, -0.2) is 4.39 Å². The largest absolute Gasteiger partial charge is 0.492 e. The Kier molecular flexibility index (Phi) is 6.75. The molecule has 128 valence electrons. The summed E-state index contributed by atoms with van der Waals surface area (Å²) >= 11 is 0. The topological polar surface area (TPSA) is 41.6 Å². The fraction of sp³-hybridized carbons (Fsp3) is 0.316. The molecule has 4 nitrogen and oxygen atoms in total. The number of hydrogen-bond acceptors (Lipinski definition) is 3. The van der Waals surface area contributed by atoms with Crippen LogP contribution in [0.4, 0.5) is 4.39 Å².